The van der Waals surface area contributed by atoms with Gasteiger partial charge in [-0.1, -0.05) is 254 Å². The Kier molecular flexibility index (Phi) is 50.7. The zero-order chi connectivity index (χ0) is 51.3. The fraction of sp³-hybridized carbons (Fsp3) is 0.820. The molecule has 0 aliphatic rings. The number of nitrogens with one attached hydrogen (secondary N) is 1. The number of unbranched alkanes of at least 4 members (excludes halogenated alkanes) is 33. The number of aliphatic hydroxyl groups is 1. The minimum atomic E-state index is -4.35. The Bertz CT molecular complexity index is 1320. The van der Waals surface area contributed by atoms with Gasteiger partial charge in [-0.2, -0.15) is 0 Å². The van der Waals surface area contributed by atoms with Crippen LogP contribution < -0.4 is 5.32 Å². The number of nitrogens with zero attached hydrogens (tertiary/aromatic N) is 1. The number of aliphatic hydroxyl groups excluding tert-OH is 1. The standard InChI is InChI=1S/C61H115N2O6P/c1-6-8-10-12-14-16-18-20-22-23-24-25-26-27-28-29-30-31-32-33-34-35-36-37-38-39-41-43-45-47-49-51-53-55-61(65)62-59(58-69-70(66,67)68-57-56-63(3,4)5)60(64)54-52-50-48-46-44-42-40-21-19-17-15-13-11-9-7-2/h18,20,23-24,26-27,44,46,52,54,59-60,64H,6-17,19,21-22,25,28-43,45,47-51,53,55-58H2,1-5H3,(H-,62,65,66,67)/p+1/b20-18-,24-23-,27-26-,46-44+,54-52+. The Morgan fingerprint density at radius 3 is 1.24 bits per heavy atom. The summed E-state index contributed by atoms with van der Waals surface area (Å²) in [5.74, 6) is -0.185. The van der Waals surface area contributed by atoms with Gasteiger partial charge in [-0.3, -0.25) is 13.8 Å². The molecule has 0 aromatic heterocycles. The van der Waals surface area contributed by atoms with Crippen LogP contribution in [0.2, 0.25) is 0 Å². The summed E-state index contributed by atoms with van der Waals surface area (Å²) in [5.41, 5.74) is 0. The van der Waals surface area contributed by atoms with Gasteiger partial charge in [-0.05, 0) is 70.6 Å². The highest BCUT2D eigenvalue weighted by Gasteiger charge is 2.27. The molecule has 70 heavy (non-hydrogen) atoms. The summed E-state index contributed by atoms with van der Waals surface area (Å²) in [6.45, 7) is 4.79. The summed E-state index contributed by atoms with van der Waals surface area (Å²) in [6, 6.07) is -0.864. The summed E-state index contributed by atoms with van der Waals surface area (Å²) < 4.78 is 23.7. The number of phosphoric acid groups is 1. The minimum absolute atomic E-state index is 0.0558. The van der Waals surface area contributed by atoms with E-state index in [2.05, 4.69) is 67.8 Å². The highest BCUT2D eigenvalue weighted by Crippen LogP contribution is 2.43. The highest BCUT2D eigenvalue weighted by molar-refractivity contribution is 7.47. The molecule has 0 bridgehead atoms. The van der Waals surface area contributed by atoms with Crippen LogP contribution in [0.3, 0.4) is 0 Å². The Morgan fingerprint density at radius 2 is 0.829 bits per heavy atom. The van der Waals surface area contributed by atoms with Crippen LogP contribution in [0.1, 0.15) is 271 Å². The molecule has 3 atom stereocenters. The van der Waals surface area contributed by atoms with Gasteiger partial charge in [0.1, 0.15) is 13.2 Å². The molecule has 3 N–H and O–H groups in total. The Morgan fingerprint density at radius 1 is 0.486 bits per heavy atom. The predicted molar refractivity (Wildman–Crippen MR) is 304 cm³/mol. The van der Waals surface area contributed by atoms with Gasteiger partial charge in [0.15, 0.2) is 0 Å². The lowest BCUT2D eigenvalue weighted by molar-refractivity contribution is -0.870. The second kappa shape index (κ2) is 52.1. The molecule has 0 aliphatic carbocycles. The molecule has 0 spiro atoms. The van der Waals surface area contributed by atoms with Gasteiger partial charge in [0.05, 0.1) is 39.9 Å². The van der Waals surface area contributed by atoms with Crippen LogP contribution in [0.25, 0.3) is 0 Å². The largest absolute Gasteiger partial charge is 0.472 e. The smallest absolute Gasteiger partial charge is 0.387 e. The Balaban J connectivity index is 4.07. The van der Waals surface area contributed by atoms with Gasteiger partial charge in [-0.25, -0.2) is 4.57 Å². The van der Waals surface area contributed by atoms with E-state index in [4.69, 9.17) is 9.05 Å². The lowest BCUT2D eigenvalue weighted by Crippen LogP contribution is -2.45. The van der Waals surface area contributed by atoms with Gasteiger partial charge in [0.25, 0.3) is 0 Å². The number of quaternary nitrogens is 1. The molecule has 0 saturated heterocycles. The first-order valence-corrected chi connectivity index (χ1v) is 31.2. The van der Waals surface area contributed by atoms with E-state index in [1.54, 1.807) is 6.08 Å². The zero-order valence-electron chi connectivity index (χ0n) is 46.8. The van der Waals surface area contributed by atoms with Crippen LogP contribution in [0.15, 0.2) is 60.8 Å². The fourth-order valence-corrected chi connectivity index (χ4v) is 9.27. The molecular weight excluding hydrogens is 888 g/mol. The van der Waals surface area contributed by atoms with Crippen molar-refractivity contribution in [3.8, 4) is 0 Å². The van der Waals surface area contributed by atoms with Crippen molar-refractivity contribution in [3.63, 3.8) is 0 Å². The van der Waals surface area contributed by atoms with Crippen LogP contribution in [0.4, 0.5) is 0 Å². The minimum Gasteiger partial charge on any atom is -0.387 e. The molecule has 0 rings (SSSR count). The van der Waals surface area contributed by atoms with E-state index in [0.717, 1.165) is 51.4 Å². The van der Waals surface area contributed by atoms with E-state index in [-0.39, 0.29) is 19.1 Å². The number of rotatable bonds is 54. The van der Waals surface area contributed by atoms with Gasteiger partial charge >= 0.3 is 7.82 Å². The number of phosphoric ester groups is 1. The molecule has 1 amide bonds. The third-order valence-electron chi connectivity index (χ3n) is 13.2. The monoisotopic (exact) mass is 1000 g/mol. The van der Waals surface area contributed by atoms with Crippen LogP contribution in [-0.4, -0.2) is 73.4 Å². The summed E-state index contributed by atoms with van der Waals surface area (Å²) in [5, 5.41) is 13.9. The number of carbonyl (C=O) groups is 1. The average Bonchev–Trinajstić information content (AvgIpc) is 3.32. The number of carbonyl (C=O) groups excluding carboxylic acids is 1. The second-order valence-corrected chi connectivity index (χ2v) is 22.8. The molecule has 3 unspecified atom stereocenters. The predicted octanol–water partition coefficient (Wildman–Crippen LogP) is 18.1. The summed E-state index contributed by atoms with van der Waals surface area (Å²) in [4.78, 5) is 23.3. The molecular formula is C61H116N2O6P+. The molecule has 0 saturated carbocycles. The van der Waals surface area contributed by atoms with Crippen molar-refractivity contribution in [2.45, 2.75) is 283 Å². The second-order valence-electron chi connectivity index (χ2n) is 21.4. The van der Waals surface area contributed by atoms with Crippen molar-refractivity contribution >= 4 is 13.7 Å². The normalized spacial score (nSPS) is 14.3. The third-order valence-corrected chi connectivity index (χ3v) is 14.2. The molecule has 0 aliphatic heterocycles. The number of allylic oxidation sites excluding steroid dienone is 9. The summed E-state index contributed by atoms with van der Waals surface area (Å²) >= 11 is 0. The van der Waals surface area contributed by atoms with Gasteiger partial charge in [-0.15, -0.1) is 0 Å². The van der Waals surface area contributed by atoms with Crippen LogP contribution >= 0.6 is 7.82 Å². The highest BCUT2D eigenvalue weighted by atomic mass is 31.2. The van der Waals surface area contributed by atoms with E-state index in [1.807, 2.05) is 27.2 Å². The molecule has 8 nitrogen and oxygen atoms in total. The van der Waals surface area contributed by atoms with Crippen LogP contribution in [0.5, 0.6) is 0 Å². The topological polar surface area (TPSA) is 105 Å². The first kappa shape index (κ1) is 68.2. The van der Waals surface area contributed by atoms with E-state index in [9.17, 15) is 19.4 Å². The zero-order valence-corrected chi connectivity index (χ0v) is 47.7. The fourth-order valence-electron chi connectivity index (χ4n) is 8.54. The summed E-state index contributed by atoms with van der Waals surface area (Å²) in [7, 11) is 1.56. The molecule has 410 valence electrons. The number of amides is 1. The maximum atomic E-state index is 13.0. The van der Waals surface area contributed by atoms with E-state index >= 15 is 0 Å². The van der Waals surface area contributed by atoms with E-state index < -0.39 is 20.0 Å². The Labute approximate surface area is 434 Å². The van der Waals surface area contributed by atoms with Crippen molar-refractivity contribution in [2.75, 3.05) is 40.9 Å². The molecule has 9 heteroatoms. The van der Waals surface area contributed by atoms with Crippen LogP contribution in [0, 0.1) is 0 Å². The first-order chi connectivity index (χ1) is 34.0. The van der Waals surface area contributed by atoms with Crippen molar-refractivity contribution in [2.24, 2.45) is 0 Å². The van der Waals surface area contributed by atoms with E-state index in [1.165, 1.54) is 199 Å². The molecule has 0 fully saturated rings. The molecule has 0 heterocycles. The average molecular weight is 1000 g/mol. The third kappa shape index (κ3) is 54.0. The lowest BCUT2D eigenvalue weighted by Gasteiger charge is -2.25. The SMILES string of the molecule is CCCCCCC/C=C\C/C=C\C/C=C\CCCCCCCCCCCCCCCCCCCCC(=O)NC(COP(=O)(O)OCC[N+](C)(C)C)C(O)/C=C/CC/C=C/CCCCCCCCCCC. The van der Waals surface area contributed by atoms with Crippen LogP contribution in [-0.2, 0) is 18.4 Å². The van der Waals surface area contributed by atoms with Crippen molar-refractivity contribution < 1.29 is 32.9 Å². The lowest BCUT2D eigenvalue weighted by atomic mass is 10.0. The quantitative estimate of drug-likeness (QED) is 0.0243. The van der Waals surface area contributed by atoms with E-state index in [0.29, 0.717) is 17.4 Å². The van der Waals surface area contributed by atoms with Crippen molar-refractivity contribution in [1.29, 1.82) is 0 Å². The van der Waals surface area contributed by atoms with Gasteiger partial charge in [0.2, 0.25) is 5.91 Å². The summed E-state index contributed by atoms with van der Waals surface area (Å²) in [6.07, 6.45) is 70.5. The van der Waals surface area contributed by atoms with Gasteiger partial charge < -0.3 is 19.8 Å². The maximum Gasteiger partial charge on any atom is 0.472 e. The molecule has 0 aromatic rings. The van der Waals surface area contributed by atoms with Gasteiger partial charge in [0, 0.05) is 6.42 Å². The first-order valence-electron chi connectivity index (χ1n) is 29.7. The van der Waals surface area contributed by atoms with Crippen molar-refractivity contribution in [1.82, 2.24) is 5.32 Å². The molecule has 0 radical (unpaired) electrons. The van der Waals surface area contributed by atoms with Crippen molar-refractivity contribution in [3.05, 3.63) is 60.8 Å². The number of hydrogen-bond acceptors (Lipinski definition) is 5. The molecule has 0 aromatic carbocycles. The maximum absolute atomic E-state index is 13.0. The Hall–Kier alpha value is -1.80. The number of likely N-dealkylation sites (N-methyl/N-ethyl adjacent to an activating group) is 1. The number of hydrogen-bond donors (Lipinski definition) is 3.